The predicted octanol–water partition coefficient (Wildman–Crippen LogP) is 1.82. The van der Waals surface area contributed by atoms with Crippen LogP contribution < -0.4 is 10.9 Å². The Hall–Kier alpha value is -1.36. The largest absolute Gasteiger partial charge is 0.361 e. The van der Waals surface area contributed by atoms with Gasteiger partial charge in [0, 0.05) is 31.0 Å². The van der Waals surface area contributed by atoms with E-state index in [9.17, 15) is 4.79 Å². The monoisotopic (exact) mass is 266 g/mol. The maximum Gasteiger partial charge on any atom is 0.293 e. The van der Waals surface area contributed by atoms with Crippen LogP contribution in [0.3, 0.4) is 0 Å². The Balaban J connectivity index is 2.97. The summed E-state index contributed by atoms with van der Waals surface area (Å²) in [4.78, 5) is 18.6. The zero-order valence-electron chi connectivity index (χ0n) is 12.8. The van der Waals surface area contributed by atoms with E-state index < -0.39 is 0 Å². The van der Waals surface area contributed by atoms with Crippen LogP contribution in [0.2, 0.25) is 0 Å². The predicted molar refractivity (Wildman–Crippen MR) is 79.7 cm³/mol. The number of aromatic nitrogens is 2. The molecule has 5 heteroatoms. The molecule has 1 rings (SSSR count). The van der Waals surface area contributed by atoms with E-state index in [1.165, 1.54) is 0 Å². The maximum atomic E-state index is 12.3. The molecular weight excluding hydrogens is 240 g/mol. The van der Waals surface area contributed by atoms with Gasteiger partial charge in [0.2, 0.25) is 0 Å². The summed E-state index contributed by atoms with van der Waals surface area (Å²) in [5.74, 6) is 0.869. The molecule has 19 heavy (non-hydrogen) atoms. The smallest absolute Gasteiger partial charge is 0.293 e. The van der Waals surface area contributed by atoms with Crippen LogP contribution in [0.4, 0.5) is 5.82 Å². The summed E-state index contributed by atoms with van der Waals surface area (Å²) < 4.78 is 1.70. The van der Waals surface area contributed by atoms with E-state index >= 15 is 0 Å². The topological polar surface area (TPSA) is 50.2 Å². The van der Waals surface area contributed by atoms with Crippen LogP contribution in [0.15, 0.2) is 17.2 Å². The van der Waals surface area contributed by atoms with Gasteiger partial charge in [0.1, 0.15) is 0 Å². The first kappa shape index (κ1) is 15.7. The van der Waals surface area contributed by atoms with Crippen molar-refractivity contribution in [2.24, 2.45) is 5.92 Å². The third-order valence-electron chi connectivity index (χ3n) is 3.11. The third kappa shape index (κ3) is 4.35. The molecule has 1 heterocycles. The van der Waals surface area contributed by atoms with Gasteiger partial charge in [0.15, 0.2) is 5.82 Å². The fraction of sp³-hybridized carbons (Fsp3) is 0.714. The summed E-state index contributed by atoms with van der Waals surface area (Å²) in [6.07, 6.45) is 3.41. The van der Waals surface area contributed by atoms with Gasteiger partial charge >= 0.3 is 0 Å². The number of hydrogen-bond acceptors (Lipinski definition) is 4. The number of rotatable bonds is 6. The van der Waals surface area contributed by atoms with Crippen molar-refractivity contribution in [3.8, 4) is 0 Å². The first-order chi connectivity index (χ1) is 8.82. The van der Waals surface area contributed by atoms with Crippen molar-refractivity contribution in [3.05, 3.63) is 22.7 Å². The Kier molecular flexibility index (Phi) is 5.54. The highest BCUT2D eigenvalue weighted by molar-refractivity contribution is 5.32. The van der Waals surface area contributed by atoms with Gasteiger partial charge in [0.05, 0.1) is 0 Å². The number of nitrogens with zero attached hydrogens (tertiary/aromatic N) is 3. The van der Waals surface area contributed by atoms with E-state index in [1.54, 1.807) is 17.0 Å². The molecule has 1 N–H and O–H groups in total. The van der Waals surface area contributed by atoms with Gasteiger partial charge in [-0.25, -0.2) is 4.98 Å². The van der Waals surface area contributed by atoms with E-state index in [4.69, 9.17) is 0 Å². The molecule has 0 aliphatic rings. The molecule has 0 fully saturated rings. The van der Waals surface area contributed by atoms with Crippen molar-refractivity contribution in [2.75, 3.05) is 26.0 Å². The van der Waals surface area contributed by atoms with Crippen molar-refractivity contribution in [3.63, 3.8) is 0 Å². The molecule has 0 saturated carbocycles. The van der Waals surface area contributed by atoms with Gasteiger partial charge in [-0.15, -0.1) is 0 Å². The molecule has 0 spiro atoms. The Morgan fingerprint density at radius 3 is 2.42 bits per heavy atom. The van der Waals surface area contributed by atoms with Crippen molar-refractivity contribution < 1.29 is 0 Å². The molecular formula is C14H26N4O. The average molecular weight is 266 g/mol. The first-order valence-electron chi connectivity index (χ1n) is 6.81. The van der Waals surface area contributed by atoms with Crippen molar-refractivity contribution in [1.82, 2.24) is 14.5 Å². The molecule has 0 aliphatic carbocycles. The minimum Gasteiger partial charge on any atom is -0.361 e. The highest BCUT2D eigenvalue weighted by atomic mass is 16.1. The van der Waals surface area contributed by atoms with Crippen LogP contribution in [0.1, 0.15) is 33.7 Å². The summed E-state index contributed by atoms with van der Waals surface area (Å²) >= 11 is 0. The van der Waals surface area contributed by atoms with Crippen LogP contribution in [-0.2, 0) is 0 Å². The summed E-state index contributed by atoms with van der Waals surface area (Å²) in [5, 5.41) is 3.29. The lowest BCUT2D eigenvalue weighted by atomic mass is 10.0. The van der Waals surface area contributed by atoms with Crippen LogP contribution in [0.25, 0.3) is 0 Å². The Morgan fingerprint density at radius 2 is 1.95 bits per heavy atom. The lowest BCUT2D eigenvalue weighted by Gasteiger charge is -2.26. The fourth-order valence-electron chi connectivity index (χ4n) is 1.92. The normalized spacial score (nSPS) is 13.3. The van der Waals surface area contributed by atoms with Gasteiger partial charge in [-0.3, -0.25) is 4.79 Å². The summed E-state index contributed by atoms with van der Waals surface area (Å²) in [6.45, 7) is 9.14. The minimum absolute atomic E-state index is 0.0538. The number of nitrogens with one attached hydrogen (secondary N) is 1. The SMILES string of the molecule is CC(C)C(CN(C)C)Nc1nccn(C(C)C)c1=O. The second-order valence-corrected chi connectivity index (χ2v) is 5.84. The number of anilines is 1. The summed E-state index contributed by atoms with van der Waals surface area (Å²) in [5.41, 5.74) is -0.0538. The zero-order chi connectivity index (χ0) is 14.6. The molecule has 1 atom stereocenters. The molecule has 108 valence electrons. The van der Waals surface area contributed by atoms with Gasteiger partial charge in [-0.05, 0) is 33.9 Å². The Labute approximate surface area is 115 Å². The van der Waals surface area contributed by atoms with E-state index in [1.807, 2.05) is 27.9 Å². The third-order valence-corrected chi connectivity index (χ3v) is 3.11. The first-order valence-corrected chi connectivity index (χ1v) is 6.81. The van der Waals surface area contributed by atoms with E-state index in [0.717, 1.165) is 6.54 Å². The summed E-state index contributed by atoms with van der Waals surface area (Å²) in [7, 11) is 4.06. The second kappa shape index (κ2) is 6.70. The quantitative estimate of drug-likeness (QED) is 0.853. The molecule has 0 bridgehead atoms. The molecule has 0 saturated heterocycles. The summed E-state index contributed by atoms with van der Waals surface area (Å²) in [6, 6.07) is 0.348. The molecule has 1 aromatic rings. The lowest BCUT2D eigenvalue weighted by Crippen LogP contribution is -2.39. The van der Waals surface area contributed by atoms with E-state index in [0.29, 0.717) is 11.7 Å². The Bertz CT molecular complexity index is 451. The number of hydrogen-bond donors (Lipinski definition) is 1. The van der Waals surface area contributed by atoms with Crippen LogP contribution in [0.5, 0.6) is 0 Å². The van der Waals surface area contributed by atoms with Gasteiger partial charge in [-0.2, -0.15) is 0 Å². The fourth-order valence-corrected chi connectivity index (χ4v) is 1.92. The maximum absolute atomic E-state index is 12.3. The lowest BCUT2D eigenvalue weighted by molar-refractivity contribution is 0.344. The van der Waals surface area contributed by atoms with Crippen LogP contribution in [-0.4, -0.2) is 41.1 Å². The van der Waals surface area contributed by atoms with Gasteiger partial charge in [0.25, 0.3) is 5.56 Å². The highest BCUT2D eigenvalue weighted by Gasteiger charge is 2.17. The molecule has 5 nitrogen and oxygen atoms in total. The molecule has 0 radical (unpaired) electrons. The van der Waals surface area contributed by atoms with Crippen LogP contribution in [0, 0.1) is 5.92 Å². The van der Waals surface area contributed by atoms with Gasteiger partial charge in [-0.1, -0.05) is 13.8 Å². The average Bonchev–Trinajstić information content (AvgIpc) is 2.29. The molecule has 0 aliphatic heterocycles. The molecule has 1 unspecified atom stereocenters. The van der Waals surface area contributed by atoms with Crippen molar-refractivity contribution in [2.45, 2.75) is 39.8 Å². The highest BCUT2D eigenvalue weighted by Crippen LogP contribution is 2.09. The van der Waals surface area contributed by atoms with E-state index in [2.05, 4.69) is 29.0 Å². The van der Waals surface area contributed by atoms with E-state index in [-0.39, 0.29) is 17.6 Å². The standard InChI is InChI=1S/C14H26N4O/c1-10(2)12(9-17(5)6)16-13-14(19)18(11(3)4)8-7-15-13/h7-8,10-12H,9H2,1-6H3,(H,15,16). The molecule has 0 amide bonds. The zero-order valence-corrected chi connectivity index (χ0v) is 12.8. The second-order valence-electron chi connectivity index (χ2n) is 5.84. The van der Waals surface area contributed by atoms with Crippen molar-refractivity contribution >= 4 is 5.82 Å². The molecule has 1 aromatic heterocycles. The van der Waals surface area contributed by atoms with Crippen LogP contribution >= 0.6 is 0 Å². The minimum atomic E-state index is -0.0538. The van der Waals surface area contributed by atoms with Crippen molar-refractivity contribution in [1.29, 1.82) is 0 Å². The molecule has 0 aromatic carbocycles. The number of likely N-dealkylation sites (N-methyl/N-ethyl adjacent to an activating group) is 1. The Morgan fingerprint density at radius 1 is 1.32 bits per heavy atom. The van der Waals surface area contributed by atoms with Gasteiger partial charge < -0.3 is 14.8 Å².